The molecule has 2 rings (SSSR count). The van der Waals surface area contributed by atoms with Gasteiger partial charge in [-0.05, 0) is 24.1 Å². The molecule has 0 saturated carbocycles. The van der Waals surface area contributed by atoms with E-state index in [0.717, 1.165) is 22.9 Å². The van der Waals surface area contributed by atoms with Gasteiger partial charge in [-0.1, -0.05) is 31.5 Å². The summed E-state index contributed by atoms with van der Waals surface area (Å²) in [5.41, 5.74) is 1.95. The number of hydrogen-bond acceptors (Lipinski definition) is 3. The summed E-state index contributed by atoms with van der Waals surface area (Å²) in [5, 5.41) is 20.8. The van der Waals surface area contributed by atoms with E-state index in [0.29, 0.717) is 12.8 Å². The molecule has 0 radical (unpaired) electrons. The van der Waals surface area contributed by atoms with Gasteiger partial charge in [0, 0.05) is 18.0 Å². The molecular formula is C15H19NO2. The number of aliphatic hydroxyl groups excluding tert-OH is 2. The van der Waals surface area contributed by atoms with Crippen LogP contribution in [0.25, 0.3) is 10.9 Å². The zero-order chi connectivity index (χ0) is 13.0. The summed E-state index contributed by atoms with van der Waals surface area (Å²) in [5.74, 6) is 0. The lowest BCUT2D eigenvalue weighted by atomic mass is 9.98. The Labute approximate surface area is 107 Å². The van der Waals surface area contributed by atoms with Crippen LogP contribution in [0.4, 0.5) is 0 Å². The Bertz CT molecular complexity index is 507. The minimum absolute atomic E-state index is 0.462. The predicted molar refractivity (Wildman–Crippen MR) is 72.4 cm³/mol. The molecular weight excluding hydrogens is 226 g/mol. The molecule has 0 spiro atoms. The molecule has 0 saturated heterocycles. The molecule has 0 amide bonds. The Morgan fingerprint density at radius 3 is 2.67 bits per heavy atom. The number of nitrogens with zero attached hydrogens (tertiary/aromatic N) is 1. The zero-order valence-electron chi connectivity index (χ0n) is 10.6. The fourth-order valence-corrected chi connectivity index (χ4v) is 2.18. The molecule has 2 N–H and O–H groups in total. The molecule has 2 aromatic rings. The van der Waals surface area contributed by atoms with Crippen LogP contribution in [0, 0.1) is 0 Å². The van der Waals surface area contributed by atoms with Crippen LogP contribution < -0.4 is 0 Å². The molecule has 1 aromatic heterocycles. The Morgan fingerprint density at radius 2 is 1.89 bits per heavy atom. The molecule has 3 heteroatoms. The van der Waals surface area contributed by atoms with E-state index in [-0.39, 0.29) is 0 Å². The molecule has 18 heavy (non-hydrogen) atoms. The van der Waals surface area contributed by atoms with Gasteiger partial charge in [0.25, 0.3) is 0 Å². The van der Waals surface area contributed by atoms with Crippen LogP contribution in [0.2, 0.25) is 0 Å². The highest BCUT2D eigenvalue weighted by Gasteiger charge is 2.16. The van der Waals surface area contributed by atoms with Gasteiger partial charge >= 0.3 is 0 Å². The highest BCUT2D eigenvalue weighted by Crippen LogP contribution is 2.19. The second kappa shape index (κ2) is 5.94. The summed E-state index contributed by atoms with van der Waals surface area (Å²) in [6, 6.07) is 9.76. The zero-order valence-corrected chi connectivity index (χ0v) is 10.6. The third-order valence-corrected chi connectivity index (χ3v) is 3.20. The van der Waals surface area contributed by atoms with Crippen molar-refractivity contribution in [3.63, 3.8) is 0 Å². The lowest BCUT2D eigenvalue weighted by Gasteiger charge is -2.17. The molecule has 2 unspecified atom stereocenters. The monoisotopic (exact) mass is 245 g/mol. The van der Waals surface area contributed by atoms with Crippen LogP contribution in [0.3, 0.4) is 0 Å². The van der Waals surface area contributed by atoms with Crippen molar-refractivity contribution in [2.45, 2.75) is 38.4 Å². The molecule has 1 aromatic carbocycles. The van der Waals surface area contributed by atoms with Crippen molar-refractivity contribution in [3.05, 3.63) is 42.1 Å². The summed E-state index contributed by atoms with van der Waals surface area (Å²) in [6.45, 7) is 2.00. The van der Waals surface area contributed by atoms with Gasteiger partial charge in [-0.15, -0.1) is 0 Å². The van der Waals surface area contributed by atoms with E-state index in [4.69, 9.17) is 0 Å². The molecule has 3 nitrogen and oxygen atoms in total. The van der Waals surface area contributed by atoms with Gasteiger partial charge in [0.15, 0.2) is 0 Å². The van der Waals surface area contributed by atoms with Crippen molar-refractivity contribution in [1.82, 2.24) is 4.98 Å². The molecule has 0 aliphatic rings. The van der Waals surface area contributed by atoms with Gasteiger partial charge in [0.05, 0.1) is 17.7 Å². The molecule has 0 bridgehead atoms. The third-order valence-electron chi connectivity index (χ3n) is 3.20. The highest BCUT2D eigenvalue weighted by atomic mass is 16.3. The van der Waals surface area contributed by atoms with Crippen molar-refractivity contribution >= 4 is 10.9 Å². The van der Waals surface area contributed by atoms with E-state index >= 15 is 0 Å². The first-order chi connectivity index (χ1) is 8.72. The van der Waals surface area contributed by atoms with E-state index < -0.39 is 12.2 Å². The van der Waals surface area contributed by atoms with E-state index in [2.05, 4.69) is 4.98 Å². The van der Waals surface area contributed by atoms with E-state index in [1.807, 2.05) is 37.3 Å². The molecule has 1 heterocycles. The maximum atomic E-state index is 9.99. The molecule has 0 fully saturated rings. The molecule has 2 atom stereocenters. The van der Waals surface area contributed by atoms with Crippen molar-refractivity contribution in [2.75, 3.05) is 0 Å². The summed E-state index contributed by atoms with van der Waals surface area (Å²) < 4.78 is 0. The normalized spacial score (nSPS) is 14.6. The Hall–Kier alpha value is -1.45. The lowest BCUT2D eigenvalue weighted by molar-refractivity contribution is 0.0150. The number of fused-ring (bicyclic) bond motifs is 1. The highest BCUT2D eigenvalue weighted by molar-refractivity contribution is 5.81. The summed E-state index contributed by atoms with van der Waals surface area (Å²) in [4.78, 5) is 4.29. The molecule has 0 aliphatic heterocycles. The smallest absolute Gasteiger partial charge is 0.0839 e. The van der Waals surface area contributed by atoms with Gasteiger partial charge < -0.3 is 10.2 Å². The number of aliphatic hydroxyl groups is 2. The largest absolute Gasteiger partial charge is 0.390 e. The number of aromatic nitrogens is 1. The van der Waals surface area contributed by atoms with Crippen LogP contribution in [0.5, 0.6) is 0 Å². The fourth-order valence-electron chi connectivity index (χ4n) is 2.18. The summed E-state index contributed by atoms with van der Waals surface area (Å²) >= 11 is 0. The van der Waals surface area contributed by atoms with Crippen LogP contribution >= 0.6 is 0 Å². The summed E-state index contributed by atoms with van der Waals surface area (Å²) in [7, 11) is 0. The van der Waals surface area contributed by atoms with Crippen LogP contribution in [-0.2, 0) is 6.42 Å². The van der Waals surface area contributed by atoms with Gasteiger partial charge in [0.1, 0.15) is 0 Å². The topological polar surface area (TPSA) is 53.4 Å². The van der Waals surface area contributed by atoms with Crippen molar-refractivity contribution in [3.8, 4) is 0 Å². The average Bonchev–Trinajstić information content (AvgIpc) is 2.39. The first-order valence-electron chi connectivity index (χ1n) is 6.41. The SMILES string of the molecule is CCCC(O)C(O)Cc1ccnc2ccccc12. The van der Waals surface area contributed by atoms with Crippen molar-refractivity contribution in [1.29, 1.82) is 0 Å². The van der Waals surface area contributed by atoms with Crippen molar-refractivity contribution in [2.24, 2.45) is 0 Å². The van der Waals surface area contributed by atoms with Gasteiger partial charge in [-0.3, -0.25) is 4.98 Å². The number of hydrogen-bond donors (Lipinski definition) is 2. The van der Waals surface area contributed by atoms with Crippen LogP contribution in [0.15, 0.2) is 36.5 Å². The first-order valence-corrected chi connectivity index (χ1v) is 6.41. The standard InChI is InChI=1S/C15H19NO2/c1-2-5-14(17)15(18)10-11-8-9-16-13-7-4-3-6-12(11)13/h3-4,6-9,14-15,17-18H,2,5,10H2,1H3. The van der Waals surface area contributed by atoms with E-state index in [1.54, 1.807) is 6.20 Å². The third kappa shape index (κ3) is 2.86. The quantitative estimate of drug-likeness (QED) is 0.850. The average molecular weight is 245 g/mol. The first kappa shape index (κ1) is 13.0. The maximum Gasteiger partial charge on any atom is 0.0839 e. The van der Waals surface area contributed by atoms with E-state index in [9.17, 15) is 10.2 Å². The van der Waals surface area contributed by atoms with E-state index in [1.165, 1.54) is 0 Å². The number of rotatable bonds is 5. The minimum Gasteiger partial charge on any atom is -0.390 e. The second-order valence-corrected chi connectivity index (χ2v) is 4.61. The summed E-state index contributed by atoms with van der Waals surface area (Å²) in [6.07, 6.45) is 2.35. The van der Waals surface area contributed by atoms with Crippen LogP contribution in [0.1, 0.15) is 25.3 Å². The van der Waals surface area contributed by atoms with Crippen LogP contribution in [-0.4, -0.2) is 27.4 Å². The molecule has 96 valence electrons. The Balaban J connectivity index is 2.21. The number of pyridine rings is 1. The number of benzene rings is 1. The fraction of sp³-hybridized carbons (Fsp3) is 0.400. The Morgan fingerprint density at radius 1 is 1.11 bits per heavy atom. The van der Waals surface area contributed by atoms with Gasteiger partial charge in [-0.25, -0.2) is 0 Å². The minimum atomic E-state index is -0.712. The second-order valence-electron chi connectivity index (χ2n) is 4.61. The predicted octanol–water partition coefficient (Wildman–Crippen LogP) is 2.30. The van der Waals surface area contributed by atoms with Gasteiger partial charge in [-0.2, -0.15) is 0 Å². The van der Waals surface area contributed by atoms with Gasteiger partial charge in [0.2, 0.25) is 0 Å². The lowest BCUT2D eigenvalue weighted by Crippen LogP contribution is -2.27. The maximum absolute atomic E-state index is 9.99. The Kier molecular flexibility index (Phi) is 4.28. The number of para-hydroxylation sites is 1. The van der Waals surface area contributed by atoms with Crippen molar-refractivity contribution < 1.29 is 10.2 Å². The molecule has 0 aliphatic carbocycles.